The lowest BCUT2D eigenvalue weighted by Gasteiger charge is -2.29. The van der Waals surface area contributed by atoms with E-state index in [0.29, 0.717) is 10.0 Å². The van der Waals surface area contributed by atoms with E-state index in [0.717, 1.165) is 0 Å². The van der Waals surface area contributed by atoms with E-state index in [1.807, 2.05) is 0 Å². The molecule has 0 amide bonds. The lowest BCUT2D eigenvalue weighted by molar-refractivity contribution is -0.365. The third kappa shape index (κ3) is 2.36. The molecule has 3 nitrogen and oxygen atoms in total. The fourth-order valence-electron chi connectivity index (χ4n) is 1.31. The molecule has 0 aliphatic carbocycles. The van der Waals surface area contributed by atoms with Crippen LogP contribution in [0.25, 0.3) is 0 Å². The smallest absolute Gasteiger partial charge is 0.312 e. The third-order valence-corrected chi connectivity index (χ3v) is 2.76. The van der Waals surface area contributed by atoms with Gasteiger partial charge in [0.2, 0.25) is 0 Å². The van der Waals surface area contributed by atoms with Gasteiger partial charge in [0.15, 0.2) is 0 Å². The Morgan fingerprint density at radius 2 is 1.67 bits per heavy atom. The van der Waals surface area contributed by atoms with Gasteiger partial charge in [-0.15, -0.1) is 0 Å². The number of ether oxygens (including phenoxy) is 3. The first-order valence-corrected chi connectivity index (χ1v) is 5.00. The van der Waals surface area contributed by atoms with E-state index in [9.17, 15) is 4.39 Å². The van der Waals surface area contributed by atoms with Crippen LogP contribution in [0.2, 0.25) is 0 Å². The molecule has 0 atom stereocenters. The molecule has 0 spiro atoms. The number of hydrogen-bond acceptors (Lipinski definition) is 3. The summed E-state index contributed by atoms with van der Waals surface area (Å²) in [7, 11) is 4.26. The van der Waals surface area contributed by atoms with E-state index in [2.05, 4.69) is 15.9 Å². The minimum Gasteiger partial charge on any atom is -0.327 e. The summed E-state index contributed by atoms with van der Waals surface area (Å²) >= 11 is 3.28. The maximum absolute atomic E-state index is 13.1. The van der Waals surface area contributed by atoms with Crippen LogP contribution in [0.5, 0.6) is 0 Å². The van der Waals surface area contributed by atoms with Gasteiger partial charge in [-0.2, -0.15) is 0 Å². The van der Waals surface area contributed by atoms with E-state index in [4.69, 9.17) is 14.2 Å². The predicted molar refractivity (Wildman–Crippen MR) is 56.8 cm³/mol. The van der Waals surface area contributed by atoms with Gasteiger partial charge < -0.3 is 14.2 Å². The molecule has 0 fully saturated rings. The van der Waals surface area contributed by atoms with Gasteiger partial charge in [-0.25, -0.2) is 4.39 Å². The van der Waals surface area contributed by atoms with Crippen LogP contribution < -0.4 is 0 Å². The van der Waals surface area contributed by atoms with Crippen LogP contribution in [-0.4, -0.2) is 21.3 Å². The van der Waals surface area contributed by atoms with Crippen molar-refractivity contribution in [1.82, 2.24) is 0 Å². The first-order valence-electron chi connectivity index (χ1n) is 4.20. The van der Waals surface area contributed by atoms with Crippen LogP contribution in [0.15, 0.2) is 22.7 Å². The molecule has 0 unspecified atom stereocenters. The molecule has 0 saturated carbocycles. The summed E-state index contributed by atoms with van der Waals surface area (Å²) in [6.07, 6.45) is 0. The van der Waals surface area contributed by atoms with Crippen molar-refractivity contribution in [1.29, 1.82) is 0 Å². The topological polar surface area (TPSA) is 27.7 Å². The highest BCUT2D eigenvalue weighted by Gasteiger charge is 2.34. The minimum absolute atomic E-state index is 0.385. The first kappa shape index (κ1) is 12.6. The van der Waals surface area contributed by atoms with Gasteiger partial charge in [0, 0.05) is 25.8 Å². The van der Waals surface area contributed by atoms with Crippen LogP contribution in [0, 0.1) is 5.82 Å². The molecule has 5 heteroatoms. The summed E-state index contributed by atoms with van der Waals surface area (Å²) in [4.78, 5) is 0. The van der Waals surface area contributed by atoms with Gasteiger partial charge in [0.1, 0.15) is 5.82 Å². The van der Waals surface area contributed by atoms with Crippen LogP contribution in [0.1, 0.15) is 5.56 Å². The molecule has 0 aliphatic heterocycles. The molecule has 0 aromatic heterocycles. The molecule has 0 aliphatic rings. The SMILES string of the molecule is COC(OC)(OC)c1cc(F)ccc1Br. The fourth-order valence-corrected chi connectivity index (χ4v) is 1.80. The summed E-state index contributed by atoms with van der Waals surface area (Å²) in [6.45, 7) is 0. The molecule has 1 aromatic rings. The summed E-state index contributed by atoms with van der Waals surface area (Å²) in [6, 6.07) is 4.19. The quantitative estimate of drug-likeness (QED) is 0.793. The largest absolute Gasteiger partial charge is 0.327 e. The monoisotopic (exact) mass is 278 g/mol. The summed E-state index contributed by atoms with van der Waals surface area (Å²) in [5.74, 6) is -1.77. The predicted octanol–water partition coefficient (Wildman–Crippen LogP) is 2.64. The molecule has 84 valence electrons. The molecule has 0 bridgehead atoms. The second-order valence-corrected chi connectivity index (χ2v) is 3.65. The van der Waals surface area contributed by atoms with E-state index in [1.54, 1.807) is 6.07 Å². The zero-order chi connectivity index (χ0) is 11.5. The Labute approximate surface area is 96.3 Å². The lowest BCUT2D eigenvalue weighted by atomic mass is 10.2. The molecule has 0 radical (unpaired) electrons. The van der Waals surface area contributed by atoms with Gasteiger partial charge in [-0.1, -0.05) is 15.9 Å². The molecule has 1 aromatic carbocycles. The number of hydrogen-bond donors (Lipinski definition) is 0. The Hall–Kier alpha value is -0.490. The minimum atomic E-state index is -1.39. The molecule has 1 rings (SSSR count). The zero-order valence-corrected chi connectivity index (χ0v) is 10.3. The Morgan fingerprint density at radius 3 is 2.13 bits per heavy atom. The van der Waals surface area contributed by atoms with E-state index >= 15 is 0 Å². The molecular formula is C10H12BrFO3. The van der Waals surface area contributed by atoms with Crippen LogP contribution in [0.4, 0.5) is 4.39 Å². The number of benzene rings is 1. The lowest BCUT2D eigenvalue weighted by Crippen LogP contribution is -2.33. The van der Waals surface area contributed by atoms with Crippen molar-refractivity contribution >= 4 is 15.9 Å². The number of halogens is 2. The van der Waals surface area contributed by atoms with E-state index in [1.165, 1.54) is 33.5 Å². The Balaban J connectivity index is 3.27. The Bertz CT molecular complexity index is 331. The molecule has 15 heavy (non-hydrogen) atoms. The molecule has 0 saturated heterocycles. The zero-order valence-electron chi connectivity index (χ0n) is 8.71. The van der Waals surface area contributed by atoms with Crippen molar-refractivity contribution in [3.05, 3.63) is 34.1 Å². The maximum atomic E-state index is 13.1. The molecular weight excluding hydrogens is 267 g/mol. The van der Waals surface area contributed by atoms with Gasteiger partial charge in [-0.05, 0) is 18.2 Å². The van der Waals surface area contributed by atoms with Crippen molar-refractivity contribution in [3.8, 4) is 0 Å². The van der Waals surface area contributed by atoms with Crippen LogP contribution in [0.3, 0.4) is 0 Å². The van der Waals surface area contributed by atoms with Crippen molar-refractivity contribution in [3.63, 3.8) is 0 Å². The van der Waals surface area contributed by atoms with E-state index in [-0.39, 0.29) is 5.82 Å². The average Bonchev–Trinajstić information content (AvgIpc) is 2.26. The van der Waals surface area contributed by atoms with Crippen molar-refractivity contribution < 1.29 is 18.6 Å². The Morgan fingerprint density at radius 1 is 1.13 bits per heavy atom. The van der Waals surface area contributed by atoms with Crippen LogP contribution in [-0.2, 0) is 20.2 Å². The van der Waals surface area contributed by atoms with E-state index < -0.39 is 5.97 Å². The maximum Gasteiger partial charge on any atom is 0.312 e. The van der Waals surface area contributed by atoms with Crippen LogP contribution >= 0.6 is 15.9 Å². The normalized spacial score (nSPS) is 11.8. The van der Waals surface area contributed by atoms with Gasteiger partial charge >= 0.3 is 5.97 Å². The molecule has 0 heterocycles. The number of methoxy groups -OCH3 is 3. The van der Waals surface area contributed by atoms with Gasteiger partial charge in [0.05, 0.1) is 5.56 Å². The summed E-state index contributed by atoms with van der Waals surface area (Å²) in [5, 5.41) is 0. The van der Waals surface area contributed by atoms with Gasteiger partial charge in [-0.3, -0.25) is 0 Å². The summed E-state index contributed by atoms with van der Waals surface area (Å²) < 4.78 is 29.1. The highest BCUT2D eigenvalue weighted by Crippen LogP contribution is 2.33. The Kier molecular flexibility index (Phi) is 4.21. The first-order chi connectivity index (χ1) is 7.09. The summed E-state index contributed by atoms with van der Waals surface area (Å²) in [5.41, 5.74) is 0.440. The van der Waals surface area contributed by atoms with Crippen molar-refractivity contribution in [2.75, 3.05) is 21.3 Å². The third-order valence-electron chi connectivity index (χ3n) is 2.06. The number of rotatable bonds is 4. The van der Waals surface area contributed by atoms with Crippen molar-refractivity contribution in [2.24, 2.45) is 0 Å². The second-order valence-electron chi connectivity index (χ2n) is 2.79. The second kappa shape index (κ2) is 5.03. The highest BCUT2D eigenvalue weighted by atomic mass is 79.9. The standard InChI is InChI=1S/C10H12BrFO3/c1-13-10(14-2,15-3)8-6-7(12)4-5-9(8)11/h4-6H,1-3H3. The average molecular weight is 279 g/mol. The van der Waals surface area contributed by atoms with Gasteiger partial charge in [0.25, 0.3) is 0 Å². The molecule has 0 N–H and O–H groups in total. The highest BCUT2D eigenvalue weighted by molar-refractivity contribution is 9.10. The van der Waals surface area contributed by atoms with Crippen molar-refractivity contribution in [2.45, 2.75) is 5.97 Å². The fraction of sp³-hybridized carbons (Fsp3) is 0.400.